The van der Waals surface area contributed by atoms with E-state index in [1.165, 1.54) is 0 Å². The summed E-state index contributed by atoms with van der Waals surface area (Å²) in [7, 11) is 0. The molecule has 0 unspecified atom stereocenters. The minimum absolute atomic E-state index is 0.0927. The van der Waals surface area contributed by atoms with Gasteiger partial charge in [-0.25, -0.2) is 4.98 Å². The Labute approximate surface area is 141 Å². The van der Waals surface area contributed by atoms with Crippen molar-refractivity contribution < 1.29 is 9.59 Å². The summed E-state index contributed by atoms with van der Waals surface area (Å²) in [5, 5.41) is 0. The molecule has 1 aromatic heterocycles. The first kappa shape index (κ1) is 16.2. The smallest absolute Gasteiger partial charge is 0.272 e. The summed E-state index contributed by atoms with van der Waals surface area (Å²) in [6, 6.07) is 15.0. The third-order valence-corrected chi connectivity index (χ3v) is 4.81. The van der Waals surface area contributed by atoms with Crippen LogP contribution >= 0.6 is 0 Å². The first-order chi connectivity index (χ1) is 11.5. The lowest BCUT2D eigenvalue weighted by molar-refractivity contribution is -0.125. The van der Waals surface area contributed by atoms with Crippen LogP contribution in [0.3, 0.4) is 0 Å². The number of carbonyl (C=O) groups is 2. The van der Waals surface area contributed by atoms with Crippen LogP contribution in [0.15, 0.2) is 48.5 Å². The molecule has 3 rings (SSSR count). The molecule has 0 atom stereocenters. The van der Waals surface area contributed by atoms with E-state index in [9.17, 15) is 9.59 Å². The number of benzene rings is 1. The number of piperidine rings is 1. The largest absolute Gasteiger partial charge is 0.369 e. The van der Waals surface area contributed by atoms with Gasteiger partial charge in [0, 0.05) is 18.8 Å². The van der Waals surface area contributed by atoms with E-state index in [-0.39, 0.29) is 11.8 Å². The first-order valence-corrected chi connectivity index (χ1v) is 8.11. The van der Waals surface area contributed by atoms with Crippen LogP contribution in [0.2, 0.25) is 0 Å². The molecule has 2 amide bonds. The summed E-state index contributed by atoms with van der Waals surface area (Å²) < 4.78 is 0. The molecule has 2 N–H and O–H groups in total. The van der Waals surface area contributed by atoms with Crippen LogP contribution in [0.25, 0.3) is 0 Å². The summed E-state index contributed by atoms with van der Waals surface area (Å²) in [5.41, 5.74) is 7.22. The predicted molar refractivity (Wildman–Crippen MR) is 91.4 cm³/mol. The summed E-state index contributed by atoms with van der Waals surface area (Å²) in [6.07, 6.45) is 1.06. The van der Waals surface area contributed by atoms with Gasteiger partial charge in [0.15, 0.2) is 0 Å². The lowest BCUT2D eigenvalue weighted by Crippen LogP contribution is -2.51. The molecule has 1 saturated heterocycles. The Morgan fingerprint density at radius 2 is 1.71 bits per heavy atom. The molecule has 0 spiro atoms. The number of nitrogens with two attached hydrogens (primary N) is 1. The van der Waals surface area contributed by atoms with Crippen molar-refractivity contribution in [1.82, 2.24) is 9.88 Å². The second-order valence-electron chi connectivity index (χ2n) is 6.27. The van der Waals surface area contributed by atoms with E-state index in [1.807, 2.05) is 49.4 Å². The summed E-state index contributed by atoms with van der Waals surface area (Å²) >= 11 is 0. The zero-order chi connectivity index (χ0) is 17.2. The normalized spacial score (nSPS) is 16.6. The van der Waals surface area contributed by atoms with Gasteiger partial charge in [0.25, 0.3) is 5.91 Å². The maximum atomic E-state index is 12.6. The van der Waals surface area contributed by atoms with Gasteiger partial charge in [0.1, 0.15) is 5.69 Å². The van der Waals surface area contributed by atoms with Crippen LogP contribution in [-0.4, -0.2) is 34.8 Å². The topological polar surface area (TPSA) is 76.3 Å². The molecule has 1 aromatic carbocycles. The maximum absolute atomic E-state index is 12.6. The maximum Gasteiger partial charge on any atom is 0.272 e. The summed E-state index contributed by atoms with van der Waals surface area (Å²) in [6.45, 7) is 2.85. The highest BCUT2D eigenvalue weighted by Crippen LogP contribution is 2.35. The highest BCUT2D eigenvalue weighted by molar-refractivity contribution is 5.93. The average molecular weight is 323 g/mol. The van der Waals surface area contributed by atoms with Gasteiger partial charge in [0.2, 0.25) is 5.91 Å². The van der Waals surface area contributed by atoms with E-state index in [0.29, 0.717) is 31.6 Å². The highest BCUT2D eigenvalue weighted by atomic mass is 16.2. The molecule has 0 bridgehead atoms. The van der Waals surface area contributed by atoms with Crippen molar-refractivity contribution in [2.45, 2.75) is 25.2 Å². The molecule has 5 nitrogen and oxygen atoms in total. The Kier molecular flexibility index (Phi) is 4.34. The van der Waals surface area contributed by atoms with Crippen LogP contribution in [0, 0.1) is 6.92 Å². The molecular formula is C19H21N3O2. The van der Waals surface area contributed by atoms with Crippen molar-refractivity contribution in [2.75, 3.05) is 13.1 Å². The fourth-order valence-electron chi connectivity index (χ4n) is 3.35. The van der Waals surface area contributed by atoms with E-state index in [4.69, 9.17) is 5.73 Å². The van der Waals surface area contributed by atoms with Crippen LogP contribution in [-0.2, 0) is 10.2 Å². The number of aromatic nitrogens is 1. The Bertz CT molecular complexity index is 750. The summed E-state index contributed by atoms with van der Waals surface area (Å²) in [4.78, 5) is 30.8. The van der Waals surface area contributed by atoms with E-state index >= 15 is 0 Å². The van der Waals surface area contributed by atoms with Crippen molar-refractivity contribution in [1.29, 1.82) is 0 Å². The number of nitrogens with zero attached hydrogens (tertiary/aromatic N) is 2. The second kappa shape index (κ2) is 6.43. The standard InChI is InChI=1S/C19H21N3O2/c1-14-6-5-9-16(21-14)17(23)22-12-10-19(11-13-22,18(20)24)15-7-3-2-4-8-15/h2-9H,10-13H2,1H3,(H2,20,24). The van der Waals surface area contributed by atoms with Gasteiger partial charge in [-0.15, -0.1) is 0 Å². The Morgan fingerprint density at radius 3 is 2.29 bits per heavy atom. The number of likely N-dealkylation sites (tertiary alicyclic amines) is 1. The van der Waals surface area contributed by atoms with Crippen molar-refractivity contribution in [3.8, 4) is 0 Å². The molecule has 0 aliphatic carbocycles. The number of aryl methyl sites for hydroxylation is 1. The number of hydrogen-bond acceptors (Lipinski definition) is 3. The quantitative estimate of drug-likeness (QED) is 0.939. The van der Waals surface area contributed by atoms with Gasteiger partial charge in [-0.3, -0.25) is 9.59 Å². The summed E-state index contributed by atoms with van der Waals surface area (Å²) in [5.74, 6) is -0.417. The minimum Gasteiger partial charge on any atom is -0.369 e. The molecule has 2 aromatic rings. The molecule has 124 valence electrons. The third-order valence-electron chi connectivity index (χ3n) is 4.81. The monoisotopic (exact) mass is 323 g/mol. The average Bonchev–Trinajstić information content (AvgIpc) is 2.62. The molecule has 5 heteroatoms. The van der Waals surface area contributed by atoms with Crippen molar-refractivity contribution in [3.63, 3.8) is 0 Å². The van der Waals surface area contributed by atoms with Gasteiger partial charge < -0.3 is 10.6 Å². The fourth-order valence-corrected chi connectivity index (χ4v) is 3.35. The third kappa shape index (κ3) is 2.89. The van der Waals surface area contributed by atoms with E-state index in [1.54, 1.807) is 11.0 Å². The van der Waals surface area contributed by atoms with Crippen molar-refractivity contribution in [3.05, 3.63) is 65.5 Å². The van der Waals surface area contributed by atoms with Gasteiger partial charge in [-0.1, -0.05) is 36.4 Å². The van der Waals surface area contributed by atoms with Crippen LogP contribution < -0.4 is 5.73 Å². The molecule has 2 heterocycles. The Hall–Kier alpha value is -2.69. The van der Waals surface area contributed by atoms with Crippen LogP contribution in [0.5, 0.6) is 0 Å². The van der Waals surface area contributed by atoms with Crippen LogP contribution in [0.4, 0.5) is 0 Å². The van der Waals surface area contributed by atoms with Gasteiger partial charge in [0.05, 0.1) is 5.41 Å². The molecular weight excluding hydrogens is 302 g/mol. The van der Waals surface area contributed by atoms with E-state index in [0.717, 1.165) is 11.3 Å². The molecule has 24 heavy (non-hydrogen) atoms. The highest BCUT2D eigenvalue weighted by Gasteiger charge is 2.42. The number of carbonyl (C=O) groups excluding carboxylic acids is 2. The minimum atomic E-state index is -0.696. The number of primary amides is 1. The van der Waals surface area contributed by atoms with Gasteiger partial charge in [-0.2, -0.15) is 0 Å². The lowest BCUT2D eigenvalue weighted by atomic mass is 9.72. The Morgan fingerprint density at radius 1 is 1.04 bits per heavy atom. The molecule has 1 fully saturated rings. The molecule has 0 radical (unpaired) electrons. The van der Waals surface area contributed by atoms with E-state index < -0.39 is 5.41 Å². The first-order valence-electron chi connectivity index (χ1n) is 8.11. The van der Waals surface area contributed by atoms with E-state index in [2.05, 4.69) is 4.98 Å². The number of amides is 2. The van der Waals surface area contributed by atoms with Crippen molar-refractivity contribution in [2.24, 2.45) is 5.73 Å². The van der Waals surface area contributed by atoms with Gasteiger partial charge >= 0.3 is 0 Å². The Balaban J connectivity index is 1.79. The fraction of sp³-hybridized carbons (Fsp3) is 0.316. The second-order valence-corrected chi connectivity index (χ2v) is 6.27. The number of rotatable bonds is 3. The zero-order valence-electron chi connectivity index (χ0n) is 13.7. The zero-order valence-corrected chi connectivity index (χ0v) is 13.7. The molecule has 1 aliphatic heterocycles. The predicted octanol–water partition coefficient (Wildman–Crippen LogP) is 2.05. The van der Waals surface area contributed by atoms with Crippen molar-refractivity contribution >= 4 is 11.8 Å². The van der Waals surface area contributed by atoms with Gasteiger partial charge in [-0.05, 0) is 37.5 Å². The SMILES string of the molecule is Cc1cccc(C(=O)N2CCC(C(N)=O)(c3ccccc3)CC2)n1. The lowest BCUT2D eigenvalue weighted by Gasteiger charge is -2.40. The van der Waals surface area contributed by atoms with Crippen LogP contribution in [0.1, 0.15) is 34.6 Å². The number of pyridine rings is 1. The molecule has 1 aliphatic rings. The number of hydrogen-bond donors (Lipinski definition) is 1. The molecule has 0 saturated carbocycles.